The predicted octanol–water partition coefficient (Wildman–Crippen LogP) is 4.04. The number of allylic oxidation sites excluding steroid dienone is 5. The molecule has 0 atom stereocenters. The predicted molar refractivity (Wildman–Crippen MR) is 84.3 cm³/mol. The fourth-order valence-corrected chi connectivity index (χ4v) is 1.55. The van der Waals surface area contributed by atoms with E-state index >= 15 is 0 Å². The fourth-order valence-electron chi connectivity index (χ4n) is 1.55. The van der Waals surface area contributed by atoms with Crippen molar-refractivity contribution in [2.45, 2.75) is 13.8 Å². The highest BCUT2D eigenvalue weighted by Gasteiger charge is 2.10. The molecule has 0 radical (unpaired) electrons. The van der Waals surface area contributed by atoms with Gasteiger partial charge in [0.15, 0.2) is 5.78 Å². The van der Waals surface area contributed by atoms with E-state index in [2.05, 4.69) is 13.2 Å². The Labute approximate surface area is 124 Å². The maximum absolute atomic E-state index is 12.3. The monoisotopic (exact) mass is 282 g/mol. The van der Waals surface area contributed by atoms with Crippen LogP contribution < -0.4 is 4.74 Å². The molecule has 1 aromatic rings. The highest BCUT2D eigenvalue weighted by Crippen LogP contribution is 2.16. The third-order valence-corrected chi connectivity index (χ3v) is 2.58. The van der Waals surface area contributed by atoms with Crippen molar-refractivity contribution >= 4 is 11.8 Å². The number of carbonyl (C=O) groups is 2. The zero-order valence-corrected chi connectivity index (χ0v) is 12.3. The minimum absolute atomic E-state index is 0.120. The van der Waals surface area contributed by atoms with E-state index in [9.17, 15) is 9.59 Å². The highest BCUT2D eigenvalue weighted by molar-refractivity contribution is 6.10. The summed E-state index contributed by atoms with van der Waals surface area (Å²) in [5, 5.41) is 0. The summed E-state index contributed by atoms with van der Waals surface area (Å²) in [4.78, 5) is 23.7. The Kier molecular flexibility index (Phi) is 6.08. The molecule has 108 valence electrons. The number of hydrogen-bond acceptors (Lipinski definition) is 3. The number of esters is 1. The fraction of sp³-hybridized carbons (Fsp3) is 0.111. The van der Waals surface area contributed by atoms with E-state index in [1.807, 2.05) is 6.92 Å². The summed E-state index contributed by atoms with van der Waals surface area (Å²) in [5.74, 6) is -0.235. The Hall–Kier alpha value is -2.68. The van der Waals surface area contributed by atoms with Crippen molar-refractivity contribution in [3.05, 3.63) is 78.4 Å². The molecule has 21 heavy (non-hydrogen) atoms. The van der Waals surface area contributed by atoms with Gasteiger partial charge in [-0.15, -0.1) is 0 Å². The smallest absolute Gasteiger partial charge is 0.338 e. The molecule has 0 aliphatic rings. The van der Waals surface area contributed by atoms with Crippen molar-refractivity contribution in [3.63, 3.8) is 0 Å². The first-order valence-electron chi connectivity index (χ1n) is 6.47. The molecule has 0 fully saturated rings. The van der Waals surface area contributed by atoms with Crippen LogP contribution in [0.5, 0.6) is 5.75 Å². The molecular formula is C18H18O3. The van der Waals surface area contributed by atoms with Gasteiger partial charge < -0.3 is 4.74 Å². The van der Waals surface area contributed by atoms with Gasteiger partial charge in [0.05, 0.1) is 0 Å². The second-order valence-corrected chi connectivity index (χ2v) is 4.38. The largest absolute Gasteiger partial charge is 0.423 e. The Morgan fingerprint density at radius 3 is 2.29 bits per heavy atom. The topological polar surface area (TPSA) is 43.4 Å². The molecule has 1 rings (SSSR count). The van der Waals surface area contributed by atoms with E-state index in [1.165, 1.54) is 0 Å². The third-order valence-electron chi connectivity index (χ3n) is 2.58. The lowest BCUT2D eigenvalue weighted by Gasteiger charge is -2.05. The second kappa shape index (κ2) is 7.80. The summed E-state index contributed by atoms with van der Waals surface area (Å²) < 4.78 is 5.07. The van der Waals surface area contributed by atoms with Crippen molar-refractivity contribution in [3.8, 4) is 5.75 Å². The van der Waals surface area contributed by atoms with E-state index < -0.39 is 5.97 Å². The minimum atomic E-state index is -0.491. The normalized spacial score (nSPS) is 11.2. The van der Waals surface area contributed by atoms with Gasteiger partial charge >= 0.3 is 5.97 Å². The average Bonchev–Trinajstić information content (AvgIpc) is 2.47. The summed E-state index contributed by atoms with van der Waals surface area (Å²) in [6.45, 7) is 10.5. The van der Waals surface area contributed by atoms with E-state index in [-0.39, 0.29) is 5.78 Å². The van der Waals surface area contributed by atoms with Crippen LogP contribution in [0.15, 0.2) is 72.9 Å². The van der Waals surface area contributed by atoms with Gasteiger partial charge in [-0.2, -0.15) is 0 Å². The third kappa shape index (κ3) is 4.73. The number of benzene rings is 1. The molecule has 0 aromatic heterocycles. The molecule has 0 N–H and O–H groups in total. The van der Waals surface area contributed by atoms with Crippen molar-refractivity contribution in [1.29, 1.82) is 0 Å². The first-order chi connectivity index (χ1) is 9.99. The number of carbonyl (C=O) groups excluding carboxylic acids is 2. The van der Waals surface area contributed by atoms with E-state index in [4.69, 9.17) is 4.74 Å². The Balaban J connectivity index is 2.94. The lowest BCUT2D eigenvalue weighted by Crippen LogP contribution is -2.08. The SMILES string of the molecule is C=C/C=C(\C=C/C)C(=O)c1ccc(OC(=O)C(=C)C)cc1. The maximum Gasteiger partial charge on any atom is 0.338 e. The molecular weight excluding hydrogens is 264 g/mol. The maximum atomic E-state index is 12.3. The van der Waals surface area contributed by atoms with Crippen molar-refractivity contribution in [2.24, 2.45) is 0 Å². The summed E-state index contributed by atoms with van der Waals surface area (Å²) >= 11 is 0. The summed E-state index contributed by atoms with van der Waals surface area (Å²) in [6.07, 6.45) is 6.73. The highest BCUT2D eigenvalue weighted by atomic mass is 16.5. The lowest BCUT2D eigenvalue weighted by molar-refractivity contribution is -0.130. The quantitative estimate of drug-likeness (QED) is 0.260. The molecule has 0 spiro atoms. The number of Topliss-reactive ketones (excluding diaryl/α,β-unsaturated/α-hetero) is 1. The molecule has 0 bridgehead atoms. The lowest BCUT2D eigenvalue weighted by atomic mass is 10.0. The molecule has 1 aromatic carbocycles. The van der Waals surface area contributed by atoms with Gasteiger partial charge in [-0.3, -0.25) is 4.79 Å². The Morgan fingerprint density at radius 1 is 1.19 bits per heavy atom. The summed E-state index contributed by atoms with van der Waals surface area (Å²) in [5.41, 5.74) is 1.37. The van der Waals surface area contributed by atoms with Crippen LogP contribution in [0.1, 0.15) is 24.2 Å². The van der Waals surface area contributed by atoms with Crippen LogP contribution in [0, 0.1) is 0 Å². The van der Waals surface area contributed by atoms with E-state index in [0.29, 0.717) is 22.5 Å². The molecule has 0 amide bonds. The first-order valence-corrected chi connectivity index (χ1v) is 6.47. The number of ketones is 1. The van der Waals surface area contributed by atoms with Gasteiger partial charge in [-0.1, -0.05) is 37.5 Å². The first kappa shape index (κ1) is 16.4. The van der Waals surface area contributed by atoms with Gasteiger partial charge in [0, 0.05) is 16.7 Å². The van der Waals surface area contributed by atoms with E-state index in [1.54, 1.807) is 55.5 Å². The molecule has 3 heteroatoms. The minimum Gasteiger partial charge on any atom is -0.423 e. The van der Waals surface area contributed by atoms with Crippen LogP contribution in [0.2, 0.25) is 0 Å². The molecule has 0 aliphatic heterocycles. The summed E-state index contributed by atoms with van der Waals surface area (Å²) in [7, 11) is 0. The van der Waals surface area contributed by atoms with Crippen LogP contribution in [-0.4, -0.2) is 11.8 Å². The van der Waals surface area contributed by atoms with Crippen molar-refractivity contribution in [2.75, 3.05) is 0 Å². The van der Waals surface area contributed by atoms with Gasteiger partial charge in [0.2, 0.25) is 0 Å². The molecule has 0 unspecified atom stereocenters. The van der Waals surface area contributed by atoms with Crippen molar-refractivity contribution < 1.29 is 14.3 Å². The zero-order valence-electron chi connectivity index (χ0n) is 12.3. The molecule has 0 heterocycles. The number of rotatable bonds is 6. The second-order valence-electron chi connectivity index (χ2n) is 4.38. The van der Waals surface area contributed by atoms with Gasteiger partial charge in [-0.05, 0) is 38.1 Å². The molecule has 3 nitrogen and oxygen atoms in total. The molecule has 0 saturated carbocycles. The average molecular weight is 282 g/mol. The van der Waals surface area contributed by atoms with Gasteiger partial charge in [0.1, 0.15) is 5.75 Å². The Morgan fingerprint density at radius 2 is 1.81 bits per heavy atom. The van der Waals surface area contributed by atoms with Gasteiger partial charge in [0.25, 0.3) is 0 Å². The number of ether oxygens (including phenoxy) is 1. The number of hydrogen-bond donors (Lipinski definition) is 0. The molecule has 0 saturated heterocycles. The van der Waals surface area contributed by atoms with Crippen molar-refractivity contribution in [1.82, 2.24) is 0 Å². The standard InChI is InChI=1S/C18H18O3/c1-5-7-14(8-6-2)17(19)15-9-11-16(12-10-15)21-18(20)13(3)4/h5-12H,1,3H2,2,4H3/b8-6-,14-7+. The van der Waals surface area contributed by atoms with Crippen LogP contribution in [0.4, 0.5) is 0 Å². The molecule has 0 aliphatic carbocycles. The Bertz CT molecular complexity index is 616. The van der Waals surface area contributed by atoms with Crippen LogP contribution in [0.3, 0.4) is 0 Å². The van der Waals surface area contributed by atoms with Crippen LogP contribution >= 0.6 is 0 Å². The van der Waals surface area contributed by atoms with Gasteiger partial charge in [-0.25, -0.2) is 4.79 Å². The van der Waals surface area contributed by atoms with Crippen LogP contribution in [0.25, 0.3) is 0 Å². The zero-order chi connectivity index (χ0) is 15.8. The van der Waals surface area contributed by atoms with Crippen LogP contribution in [-0.2, 0) is 4.79 Å². The summed E-state index contributed by atoms with van der Waals surface area (Å²) in [6, 6.07) is 6.39. The van der Waals surface area contributed by atoms with E-state index in [0.717, 1.165) is 0 Å².